The van der Waals surface area contributed by atoms with Crippen molar-refractivity contribution in [2.24, 2.45) is 0 Å². The summed E-state index contributed by atoms with van der Waals surface area (Å²) in [4.78, 5) is 23.9. The number of anilines is 1. The maximum atomic E-state index is 11.8. The SMILES string of the molecule is Cc1c(Cl)cccc1NC(=O)CN(C)CCC(=O)O.Cl. The third-order valence-corrected chi connectivity index (χ3v) is 3.07. The lowest BCUT2D eigenvalue weighted by Gasteiger charge is -2.16. The summed E-state index contributed by atoms with van der Waals surface area (Å²) in [7, 11) is 1.70. The topological polar surface area (TPSA) is 69.6 Å². The Kier molecular flexibility index (Phi) is 8.22. The predicted molar refractivity (Wildman–Crippen MR) is 81.8 cm³/mol. The molecule has 0 saturated heterocycles. The number of nitrogens with zero attached hydrogens (tertiary/aromatic N) is 1. The number of hydrogen-bond acceptors (Lipinski definition) is 3. The number of amides is 1. The highest BCUT2D eigenvalue weighted by atomic mass is 35.5. The third kappa shape index (κ3) is 6.23. The molecule has 0 heterocycles. The summed E-state index contributed by atoms with van der Waals surface area (Å²) < 4.78 is 0. The molecule has 7 heteroatoms. The van der Waals surface area contributed by atoms with Gasteiger partial charge in [-0.1, -0.05) is 17.7 Å². The minimum atomic E-state index is -0.877. The molecule has 1 aromatic carbocycles. The first-order chi connectivity index (χ1) is 8.90. The molecule has 0 radical (unpaired) electrons. The first-order valence-electron chi connectivity index (χ1n) is 5.85. The van der Waals surface area contributed by atoms with Crippen LogP contribution in [0.1, 0.15) is 12.0 Å². The van der Waals surface area contributed by atoms with Gasteiger partial charge in [-0.2, -0.15) is 0 Å². The van der Waals surface area contributed by atoms with E-state index in [1.54, 1.807) is 30.1 Å². The van der Waals surface area contributed by atoms with E-state index >= 15 is 0 Å². The molecule has 0 unspecified atom stereocenters. The fraction of sp³-hybridized carbons (Fsp3) is 0.385. The number of carboxylic acids is 1. The molecule has 0 aromatic heterocycles. The molecule has 1 aromatic rings. The third-order valence-electron chi connectivity index (χ3n) is 2.66. The van der Waals surface area contributed by atoms with E-state index in [0.717, 1.165) is 5.56 Å². The van der Waals surface area contributed by atoms with Gasteiger partial charge in [-0.25, -0.2) is 0 Å². The van der Waals surface area contributed by atoms with Crippen LogP contribution in [-0.2, 0) is 9.59 Å². The van der Waals surface area contributed by atoms with Crippen LogP contribution in [-0.4, -0.2) is 42.0 Å². The summed E-state index contributed by atoms with van der Waals surface area (Å²) in [5.74, 6) is -1.07. The summed E-state index contributed by atoms with van der Waals surface area (Å²) in [6.45, 7) is 2.29. The molecular formula is C13H18Cl2N2O3. The van der Waals surface area contributed by atoms with Gasteiger partial charge in [0.1, 0.15) is 0 Å². The van der Waals surface area contributed by atoms with Gasteiger partial charge in [-0.15, -0.1) is 12.4 Å². The number of carbonyl (C=O) groups is 2. The average Bonchev–Trinajstić information content (AvgIpc) is 2.32. The molecule has 0 aliphatic heterocycles. The molecule has 0 bridgehead atoms. The van der Waals surface area contributed by atoms with Crippen molar-refractivity contribution in [1.29, 1.82) is 0 Å². The van der Waals surface area contributed by atoms with Crippen LogP contribution in [0.3, 0.4) is 0 Å². The number of rotatable bonds is 6. The second-order valence-corrected chi connectivity index (χ2v) is 4.75. The molecule has 1 amide bonds. The van der Waals surface area contributed by atoms with Gasteiger partial charge in [0.15, 0.2) is 0 Å². The Labute approximate surface area is 129 Å². The van der Waals surface area contributed by atoms with Crippen molar-refractivity contribution in [2.75, 3.05) is 25.5 Å². The Balaban J connectivity index is 0.00000361. The van der Waals surface area contributed by atoms with Crippen LogP contribution in [0.2, 0.25) is 5.02 Å². The molecule has 20 heavy (non-hydrogen) atoms. The number of nitrogens with one attached hydrogen (secondary N) is 1. The second kappa shape index (κ2) is 8.79. The Morgan fingerprint density at radius 3 is 2.65 bits per heavy atom. The first-order valence-corrected chi connectivity index (χ1v) is 6.23. The minimum Gasteiger partial charge on any atom is -0.481 e. The van der Waals surface area contributed by atoms with Crippen LogP contribution < -0.4 is 5.32 Å². The number of hydrogen-bond donors (Lipinski definition) is 2. The van der Waals surface area contributed by atoms with Crippen molar-refractivity contribution < 1.29 is 14.7 Å². The van der Waals surface area contributed by atoms with Crippen LogP contribution in [0.25, 0.3) is 0 Å². The fourth-order valence-electron chi connectivity index (χ4n) is 1.54. The molecule has 0 fully saturated rings. The van der Waals surface area contributed by atoms with E-state index in [2.05, 4.69) is 5.32 Å². The van der Waals surface area contributed by atoms with Gasteiger partial charge in [0, 0.05) is 17.3 Å². The number of halogens is 2. The number of carbonyl (C=O) groups excluding carboxylic acids is 1. The summed E-state index contributed by atoms with van der Waals surface area (Å²) >= 11 is 5.96. The van der Waals surface area contributed by atoms with E-state index in [-0.39, 0.29) is 31.3 Å². The Morgan fingerprint density at radius 1 is 1.40 bits per heavy atom. The Bertz CT molecular complexity index is 481. The van der Waals surface area contributed by atoms with Crippen molar-refractivity contribution >= 4 is 41.6 Å². The maximum absolute atomic E-state index is 11.8. The van der Waals surface area contributed by atoms with Crippen molar-refractivity contribution in [3.8, 4) is 0 Å². The average molecular weight is 321 g/mol. The van der Waals surface area contributed by atoms with Crippen LogP contribution in [0.15, 0.2) is 18.2 Å². The lowest BCUT2D eigenvalue weighted by molar-refractivity contribution is -0.137. The number of benzene rings is 1. The summed E-state index contributed by atoms with van der Waals surface area (Å²) in [6.07, 6.45) is 0.0139. The molecule has 0 aliphatic rings. The van der Waals surface area contributed by atoms with Gasteiger partial charge in [0.05, 0.1) is 13.0 Å². The summed E-state index contributed by atoms with van der Waals surface area (Å²) in [5.41, 5.74) is 1.48. The molecule has 0 atom stereocenters. The standard InChI is InChI=1S/C13H17ClN2O3.ClH/c1-9-10(14)4-3-5-11(9)15-12(17)8-16(2)7-6-13(18)19;/h3-5H,6-8H2,1-2H3,(H,15,17)(H,18,19);1H. The number of aliphatic carboxylic acids is 1. The zero-order chi connectivity index (χ0) is 14.4. The predicted octanol–water partition coefficient (Wildman–Crippen LogP) is 2.42. The molecule has 112 valence electrons. The first kappa shape index (κ1) is 18.7. The van der Waals surface area contributed by atoms with E-state index in [1.165, 1.54) is 0 Å². The van der Waals surface area contributed by atoms with Crippen molar-refractivity contribution in [3.05, 3.63) is 28.8 Å². The van der Waals surface area contributed by atoms with Gasteiger partial charge in [0.25, 0.3) is 0 Å². The molecular weight excluding hydrogens is 303 g/mol. The largest absolute Gasteiger partial charge is 0.481 e. The molecule has 0 spiro atoms. The highest BCUT2D eigenvalue weighted by Crippen LogP contribution is 2.22. The monoisotopic (exact) mass is 320 g/mol. The van der Waals surface area contributed by atoms with E-state index in [9.17, 15) is 9.59 Å². The van der Waals surface area contributed by atoms with Crippen LogP contribution in [0.4, 0.5) is 5.69 Å². The van der Waals surface area contributed by atoms with Crippen LogP contribution in [0, 0.1) is 6.92 Å². The van der Waals surface area contributed by atoms with E-state index in [0.29, 0.717) is 17.3 Å². The van der Waals surface area contributed by atoms with Crippen molar-refractivity contribution in [2.45, 2.75) is 13.3 Å². The lowest BCUT2D eigenvalue weighted by Crippen LogP contribution is -2.31. The van der Waals surface area contributed by atoms with E-state index < -0.39 is 5.97 Å². The minimum absolute atomic E-state index is 0. The summed E-state index contributed by atoms with van der Waals surface area (Å²) in [6, 6.07) is 5.29. The normalized spacial score (nSPS) is 10.0. The van der Waals surface area contributed by atoms with E-state index in [1.807, 2.05) is 6.92 Å². The molecule has 2 N–H and O–H groups in total. The molecule has 0 saturated carbocycles. The van der Waals surface area contributed by atoms with Crippen LogP contribution >= 0.6 is 24.0 Å². The highest BCUT2D eigenvalue weighted by Gasteiger charge is 2.10. The smallest absolute Gasteiger partial charge is 0.304 e. The van der Waals surface area contributed by atoms with E-state index in [4.69, 9.17) is 16.7 Å². The quantitative estimate of drug-likeness (QED) is 0.844. The lowest BCUT2D eigenvalue weighted by atomic mass is 10.2. The molecule has 5 nitrogen and oxygen atoms in total. The molecule has 1 rings (SSSR count). The van der Waals surface area contributed by atoms with Gasteiger partial charge in [-0.05, 0) is 31.7 Å². The number of likely N-dealkylation sites (N-methyl/N-ethyl adjacent to an activating group) is 1. The number of carboxylic acid groups (broad SMARTS) is 1. The zero-order valence-corrected chi connectivity index (χ0v) is 12.9. The Hall–Kier alpha value is -1.30. The van der Waals surface area contributed by atoms with Gasteiger partial charge in [0.2, 0.25) is 5.91 Å². The van der Waals surface area contributed by atoms with Crippen molar-refractivity contribution in [3.63, 3.8) is 0 Å². The molecule has 0 aliphatic carbocycles. The van der Waals surface area contributed by atoms with Gasteiger partial charge < -0.3 is 10.4 Å². The second-order valence-electron chi connectivity index (χ2n) is 4.34. The summed E-state index contributed by atoms with van der Waals surface area (Å²) in [5, 5.41) is 11.9. The maximum Gasteiger partial charge on any atom is 0.304 e. The van der Waals surface area contributed by atoms with Gasteiger partial charge in [-0.3, -0.25) is 14.5 Å². The zero-order valence-electron chi connectivity index (χ0n) is 11.4. The highest BCUT2D eigenvalue weighted by molar-refractivity contribution is 6.31. The Morgan fingerprint density at radius 2 is 2.05 bits per heavy atom. The van der Waals surface area contributed by atoms with Crippen LogP contribution in [0.5, 0.6) is 0 Å². The fourth-order valence-corrected chi connectivity index (χ4v) is 1.72. The van der Waals surface area contributed by atoms with Crippen molar-refractivity contribution in [1.82, 2.24) is 4.90 Å². The van der Waals surface area contributed by atoms with Gasteiger partial charge >= 0.3 is 5.97 Å².